The summed E-state index contributed by atoms with van der Waals surface area (Å²) in [5.41, 5.74) is -4.85. The van der Waals surface area contributed by atoms with Gasteiger partial charge in [-0.05, 0) is 33.7 Å². The quantitative estimate of drug-likeness (QED) is 0.221. The van der Waals surface area contributed by atoms with E-state index in [0.717, 1.165) is 12.1 Å². The van der Waals surface area contributed by atoms with Gasteiger partial charge in [0, 0.05) is 0 Å². The highest BCUT2D eigenvalue weighted by Crippen LogP contribution is 2.30. The van der Waals surface area contributed by atoms with E-state index in [4.69, 9.17) is 4.74 Å². The molecule has 0 unspecified atom stereocenters. The molecular weight excluding hydrogens is 488 g/mol. The lowest BCUT2D eigenvalue weighted by Crippen LogP contribution is -2.22. The van der Waals surface area contributed by atoms with Crippen LogP contribution in [0.3, 0.4) is 0 Å². The van der Waals surface area contributed by atoms with Crippen molar-refractivity contribution in [3.8, 4) is 0 Å². The molecule has 4 rings (SSSR count). The van der Waals surface area contributed by atoms with Crippen LogP contribution < -0.4 is 0 Å². The Bertz CT molecular complexity index is 1570. The fourth-order valence-corrected chi connectivity index (χ4v) is 4.09. The van der Waals surface area contributed by atoms with E-state index in [1.54, 1.807) is 0 Å². The number of hydrogen-bond acceptors (Lipinski definition) is 7. The Morgan fingerprint density at radius 1 is 0.486 bits per heavy atom. The second kappa shape index (κ2) is 9.23. The van der Waals surface area contributed by atoms with Gasteiger partial charge in [0.25, 0.3) is 0 Å². The van der Waals surface area contributed by atoms with Gasteiger partial charge >= 0.3 is 35.8 Å². The van der Waals surface area contributed by atoms with Gasteiger partial charge in [0.15, 0.2) is 0 Å². The molecule has 0 radical (unpaired) electrons. The van der Waals surface area contributed by atoms with E-state index in [1.807, 2.05) is 0 Å². The molecule has 0 fully saturated rings. The number of carbonyl (C=O) groups excluding carboxylic acids is 2. The molecule has 4 aromatic carbocycles. The Kier molecular flexibility index (Phi) is 6.12. The number of rotatable bonds is 6. The van der Waals surface area contributed by atoms with Crippen molar-refractivity contribution in [2.45, 2.75) is 0 Å². The predicted molar refractivity (Wildman–Crippen MR) is 125 cm³/mol. The fourth-order valence-electron chi connectivity index (χ4n) is 4.09. The van der Waals surface area contributed by atoms with Crippen LogP contribution in [0.4, 0.5) is 0 Å². The Morgan fingerprint density at radius 2 is 0.838 bits per heavy atom. The van der Waals surface area contributed by atoms with Crippen LogP contribution in [0.5, 0.6) is 0 Å². The summed E-state index contributed by atoms with van der Waals surface area (Å²) in [6.07, 6.45) is 0. The van der Waals surface area contributed by atoms with Crippen LogP contribution in [-0.4, -0.2) is 56.2 Å². The lowest BCUT2D eigenvalue weighted by atomic mass is 9.93. The smallest absolute Gasteiger partial charge is 0.347 e. The summed E-state index contributed by atoms with van der Waals surface area (Å²) >= 11 is 0. The topological polar surface area (TPSA) is 193 Å². The van der Waals surface area contributed by atoms with Crippen LogP contribution in [0.25, 0.3) is 21.5 Å². The van der Waals surface area contributed by atoms with E-state index in [0.29, 0.717) is 0 Å². The molecular formula is C26H14O11. The van der Waals surface area contributed by atoms with Crippen LogP contribution in [0.15, 0.2) is 60.7 Å². The number of fused-ring (bicyclic) bond motifs is 2. The average Bonchev–Trinajstić information content (AvgIpc) is 2.85. The minimum atomic E-state index is -1.79. The number of carboxylic acids is 4. The van der Waals surface area contributed by atoms with Gasteiger partial charge in [-0.15, -0.1) is 0 Å². The molecule has 4 N–H and O–H groups in total. The van der Waals surface area contributed by atoms with Gasteiger partial charge in [0.1, 0.15) is 0 Å². The summed E-state index contributed by atoms with van der Waals surface area (Å²) in [4.78, 5) is 73.9. The Morgan fingerprint density at radius 3 is 1.16 bits per heavy atom. The normalized spacial score (nSPS) is 10.7. The minimum absolute atomic E-state index is 0.0368. The summed E-state index contributed by atoms with van der Waals surface area (Å²) in [5.74, 6) is -10.0. The molecule has 0 spiro atoms. The van der Waals surface area contributed by atoms with Gasteiger partial charge in [-0.2, -0.15) is 0 Å². The average molecular weight is 502 g/mol. The van der Waals surface area contributed by atoms with Crippen molar-refractivity contribution in [2.75, 3.05) is 0 Å². The largest absolute Gasteiger partial charge is 0.478 e. The highest BCUT2D eigenvalue weighted by molar-refractivity contribution is 6.22. The molecule has 0 saturated heterocycles. The standard InChI is InChI=1S/C26H14O11/c27-21(28)15-9-11-5-1-3-7-13(11)19(17(15)23(31)32)25(35)37-26(36)20-14-8-4-2-6-12(14)10-16(22(29)30)18(20)24(33)34/h1-10H,(H,27,28)(H,29,30)(H,31,32)(H,33,34). The summed E-state index contributed by atoms with van der Waals surface area (Å²) in [6, 6.07) is 13.5. The zero-order valence-electron chi connectivity index (χ0n) is 18.4. The van der Waals surface area contributed by atoms with Gasteiger partial charge in [-0.1, -0.05) is 48.5 Å². The van der Waals surface area contributed by atoms with Gasteiger partial charge < -0.3 is 25.2 Å². The fraction of sp³-hybridized carbons (Fsp3) is 0. The molecule has 0 bridgehead atoms. The highest BCUT2D eigenvalue weighted by Gasteiger charge is 2.32. The molecule has 0 aliphatic heterocycles. The number of ether oxygens (including phenoxy) is 1. The molecule has 184 valence electrons. The van der Waals surface area contributed by atoms with Crippen molar-refractivity contribution in [1.29, 1.82) is 0 Å². The lowest BCUT2D eigenvalue weighted by molar-refractivity contribution is 0.0389. The summed E-state index contributed by atoms with van der Waals surface area (Å²) < 4.78 is 4.90. The van der Waals surface area contributed by atoms with E-state index in [9.17, 15) is 49.2 Å². The van der Waals surface area contributed by atoms with Crippen LogP contribution in [-0.2, 0) is 4.74 Å². The summed E-state index contributed by atoms with van der Waals surface area (Å²) in [5, 5.41) is 38.7. The lowest BCUT2D eigenvalue weighted by Gasteiger charge is -2.15. The number of aromatic carboxylic acids is 4. The third-order valence-corrected chi connectivity index (χ3v) is 5.58. The summed E-state index contributed by atoms with van der Waals surface area (Å²) in [6.45, 7) is 0. The van der Waals surface area contributed by atoms with E-state index < -0.39 is 69.2 Å². The number of esters is 2. The zero-order valence-corrected chi connectivity index (χ0v) is 18.4. The van der Waals surface area contributed by atoms with Crippen LogP contribution in [0, 0.1) is 0 Å². The Labute approximate surface area is 205 Å². The van der Waals surface area contributed by atoms with Crippen molar-refractivity contribution in [1.82, 2.24) is 0 Å². The van der Waals surface area contributed by atoms with Gasteiger partial charge in [0.05, 0.1) is 33.4 Å². The molecule has 0 saturated carbocycles. The van der Waals surface area contributed by atoms with E-state index >= 15 is 0 Å². The minimum Gasteiger partial charge on any atom is -0.478 e. The Balaban J connectivity index is 1.96. The second-order valence-electron chi connectivity index (χ2n) is 7.69. The third-order valence-electron chi connectivity index (χ3n) is 5.58. The van der Waals surface area contributed by atoms with Crippen LogP contribution in [0.2, 0.25) is 0 Å². The first-order chi connectivity index (χ1) is 17.5. The van der Waals surface area contributed by atoms with Crippen molar-refractivity contribution in [3.63, 3.8) is 0 Å². The van der Waals surface area contributed by atoms with Crippen molar-refractivity contribution in [3.05, 3.63) is 94.0 Å². The number of hydrogen-bond donors (Lipinski definition) is 4. The first-order valence-electron chi connectivity index (χ1n) is 10.3. The molecule has 0 aromatic heterocycles. The first kappa shape index (κ1) is 24.5. The summed E-state index contributed by atoms with van der Waals surface area (Å²) in [7, 11) is 0. The predicted octanol–water partition coefficient (Wildman–Crippen LogP) is 3.78. The maximum absolute atomic E-state index is 13.2. The molecule has 4 aromatic rings. The molecule has 37 heavy (non-hydrogen) atoms. The van der Waals surface area contributed by atoms with Crippen LogP contribution in [0.1, 0.15) is 62.1 Å². The van der Waals surface area contributed by atoms with Gasteiger partial charge in [-0.3, -0.25) is 0 Å². The maximum Gasteiger partial charge on any atom is 0.347 e. The number of carbonyl (C=O) groups is 6. The molecule has 0 aliphatic rings. The van der Waals surface area contributed by atoms with Crippen LogP contribution >= 0.6 is 0 Å². The van der Waals surface area contributed by atoms with Crippen molar-refractivity contribution >= 4 is 57.4 Å². The molecule has 0 heterocycles. The van der Waals surface area contributed by atoms with Gasteiger partial charge in [0.2, 0.25) is 0 Å². The number of benzene rings is 4. The van der Waals surface area contributed by atoms with Crippen molar-refractivity contribution < 1.29 is 53.9 Å². The highest BCUT2D eigenvalue weighted by atomic mass is 16.6. The van der Waals surface area contributed by atoms with Crippen molar-refractivity contribution in [2.24, 2.45) is 0 Å². The first-order valence-corrected chi connectivity index (χ1v) is 10.3. The van der Waals surface area contributed by atoms with E-state index in [-0.39, 0.29) is 21.5 Å². The van der Waals surface area contributed by atoms with E-state index in [2.05, 4.69) is 0 Å². The third kappa shape index (κ3) is 4.21. The molecule has 0 aliphatic carbocycles. The molecule has 0 atom stereocenters. The Hall–Kier alpha value is -5.58. The van der Waals surface area contributed by atoms with E-state index in [1.165, 1.54) is 48.5 Å². The SMILES string of the molecule is O=C(O)c1cc2ccccc2c(C(=O)OC(=O)c2c(C(=O)O)c(C(=O)O)cc3ccccc23)c1C(=O)O. The molecule has 11 heteroatoms. The number of carboxylic acid groups (broad SMARTS) is 4. The molecule has 0 amide bonds. The van der Waals surface area contributed by atoms with Gasteiger partial charge in [-0.25, -0.2) is 28.8 Å². The molecule has 11 nitrogen and oxygen atoms in total. The maximum atomic E-state index is 13.2. The zero-order chi connectivity index (χ0) is 27.0. The second-order valence-corrected chi connectivity index (χ2v) is 7.69. The monoisotopic (exact) mass is 502 g/mol.